The first kappa shape index (κ1) is 12.2. The predicted octanol–water partition coefficient (Wildman–Crippen LogP) is 2.68. The van der Waals surface area contributed by atoms with Crippen molar-refractivity contribution in [3.63, 3.8) is 0 Å². The second-order valence-electron chi connectivity index (χ2n) is 3.46. The summed E-state index contributed by atoms with van der Waals surface area (Å²) < 4.78 is 1.21. The highest BCUT2D eigenvalue weighted by Gasteiger charge is 2.04. The van der Waals surface area contributed by atoms with E-state index in [1.54, 1.807) is 11.3 Å². The fourth-order valence-electron chi connectivity index (χ4n) is 1.18. The maximum atomic E-state index is 8.74. The van der Waals surface area contributed by atoms with Gasteiger partial charge in [-0.25, -0.2) is 0 Å². The van der Waals surface area contributed by atoms with Crippen molar-refractivity contribution in [1.29, 1.82) is 0 Å². The Labute approximate surface area is 97.5 Å². The highest BCUT2D eigenvalue weighted by Crippen LogP contribution is 2.27. The Morgan fingerprint density at radius 2 is 2.36 bits per heavy atom. The fraction of sp³-hybridized carbons (Fsp3) is 0.600. The summed E-state index contributed by atoms with van der Waals surface area (Å²) in [6, 6.07) is 2.56. The lowest BCUT2D eigenvalue weighted by molar-refractivity contribution is 0.269. The lowest BCUT2D eigenvalue weighted by atomic mass is 10.2. The van der Waals surface area contributed by atoms with Gasteiger partial charge in [0.1, 0.15) is 0 Å². The summed E-state index contributed by atoms with van der Waals surface area (Å²) >= 11 is 5.27. The maximum Gasteiger partial charge on any atom is 0.0730 e. The van der Waals surface area contributed by atoms with Gasteiger partial charge in [-0.1, -0.05) is 0 Å². The minimum atomic E-state index is 0.251. The van der Waals surface area contributed by atoms with Gasteiger partial charge < -0.3 is 10.4 Å². The Hall–Kier alpha value is 0.100. The SMILES string of the molecule is Cc1cc(CNC(C)CCO)sc1Br. The second kappa shape index (κ2) is 5.85. The van der Waals surface area contributed by atoms with Gasteiger partial charge in [0.2, 0.25) is 0 Å². The first-order valence-electron chi connectivity index (χ1n) is 4.72. The van der Waals surface area contributed by atoms with Crippen LogP contribution in [0.15, 0.2) is 9.85 Å². The van der Waals surface area contributed by atoms with Crippen molar-refractivity contribution in [2.45, 2.75) is 32.9 Å². The van der Waals surface area contributed by atoms with Crippen molar-refractivity contribution in [2.24, 2.45) is 0 Å². The van der Waals surface area contributed by atoms with E-state index in [1.165, 1.54) is 14.2 Å². The Kier molecular flexibility index (Phi) is 5.09. The van der Waals surface area contributed by atoms with E-state index >= 15 is 0 Å². The van der Waals surface area contributed by atoms with Crippen LogP contribution < -0.4 is 5.32 Å². The fourth-order valence-corrected chi connectivity index (χ4v) is 2.76. The van der Waals surface area contributed by atoms with Crippen LogP contribution in [0, 0.1) is 6.92 Å². The molecule has 0 bridgehead atoms. The number of halogens is 1. The van der Waals surface area contributed by atoms with Crippen LogP contribution in [0.4, 0.5) is 0 Å². The molecule has 80 valence electrons. The molecular formula is C10H16BrNOS. The quantitative estimate of drug-likeness (QED) is 0.868. The van der Waals surface area contributed by atoms with Gasteiger partial charge in [0, 0.05) is 24.1 Å². The highest BCUT2D eigenvalue weighted by atomic mass is 79.9. The molecule has 1 unspecified atom stereocenters. The summed E-state index contributed by atoms with van der Waals surface area (Å²) in [7, 11) is 0. The Morgan fingerprint density at radius 3 is 2.86 bits per heavy atom. The molecule has 2 nitrogen and oxygen atoms in total. The molecule has 0 aliphatic carbocycles. The largest absolute Gasteiger partial charge is 0.396 e. The molecule has 0 saturated carbocycles. The van der Waals surface area contributed by atoms with Gasteiger partial charge in [0.25, 0.3) is 0 Å². The van der Waals surface area contributed by atoms with Crippen LogP contribution in [0.1, 0.15) is 23.8 Å². The van der Waals surface area contributed by atoms with Crippen LogP contribution in [0.3, 0.4) is 0 Å². The van der Waals surface area contributed by atoms with Gasteiger partial charge in [-0.2, -0.15) is 0 Å². The summed E-state index contributed by atoms with van der Waals surface area (Å²) in [5, 5.41) is 12.1. The van der Waals surface area contributed by atoms with Gasteiger partial charge in [0.15, 0.2) is 0 Å². The summed E-state index contributed by atoms with van der Waals surface area (Å²) in [4.78, 5) is 1.33. The zero-order valence-electron chi connectivity index (χ0n) is 8.51. The van der Waals surface area contributed by atoms with E-state index in [4.69, 9.17) is 5.11 Å². The molecule has 0 radical (unpaired) electrons. The maximum absolute atomic E-state index is 8.74. The molecule has 1 heterocycles. The van der Waals surface area contributed by atoms with E-state index in [9.17, 15) is 0 Å². The Morgan fingerprint density at radius 1 is 1.64 bits per heavy atom. The number of thiophene rings is 1. The second-order valence-corrected chi connectivity index (χ2v) is 5.92. The van der Waals surface area contributed by atoms with Gasteiger partial charge in [-0.3, -0.25) is 0 Å². The van der Waals surface area contributed by atoms with Crippen LogP contribution in [-0.4, -0.2) is 17.8 Å². The molecule has 14 heavy (non-hydrogen) atoms. The van der Waals surface area contributed by atoms with Crippen LogP contribution in [0.5, 0.6) is 0 Å². The number of aliphatic hydroxyl groups is 1. The summed E-state index contributed by atoms with van der Waals surface area (Å²) in [6.07, 6.45) is 0.811. The number of aryl methyl sites for hydroxylation is 1. The molecule has 0 aliphatic heterocycles. The molecule has 1 rings (SSSR count). The number of nitrogens with one attached hydrogen (secondary N) is 1. The van der Waals surface area contributed by atoms with E-state index in [0.717, 1.165) is 13.0 Å². The van der Waals surface area contributed by atoms with Crippen LogP contribution in [0.25, 0.3) is 0 Å². The van der Waals surface area contributed by atoms with Gasteiger partial charge >= 0.3 is 0 Å². The summed E-state index contributed by atoms with van der Waals surface area (Å²) in [6.45, 7) is 5.33. The molecular weight excluding hydrogens is 262 g/mol. The number of hydrogen-bond donors (Lipinski definition) is 2. The first-order chi connectivity index (χ1) is 6.63. The minimum Gasteiger partial charge on any atom is -0.396 e. The zero-order chi connectivity index (χ0) is 10.6. The third-order valence-corrected chi connectivity index (χ3v) is 4.23. The van der Waals surface area contributed by atoms with E-state index in [2.05, 4.69) is 41.2 Å². The van der Waals surface area contributed by atoms with E-state index in [-0.39, 0.29) is 6.61 Å². The molecule has 0 saturated heterocycles. The molecule has 0 aromatic carbocycles. The van der Waals surface area contributed by atoms with Crippen LogP contribution in [0.2, 0.25) is 0 Å². The number of rotatable bonds is 5. The number of aliphatic hydroxyl groups excluding tert-OH is 1. The summed E-state index contributed by atoms with van der Waals surface area (Å²) in [5.74, 6) is 0. The summed E-state index contributed by atoms with van der Waals surface area (Å²) in [5.41, 5.74) is 1.29. The first-order valence-corrected chi connectivity index (χ1v) is 6.33. The average molecular weight is 278 g/mol. The molecule has 0 spiro atoms. The van der Waals surface area contributed by atoms with Crippen LogP contribution >= 0.6 is 27.3 Å². The van der Waals surface area contributed by atoms with Gasteiger partial charge in [-0.05, 0) is 47.8 Å². The molecule has 0 fully saturated rings. The van der Waals surface area contributed by atoms with E-state index < -0.39 is 0 Å². The van der Waals surface area contributed by atoms with Crippen LogP contribution in [-0.2, 0) is 6.54 Å². The van der Waals surface area contributed by atoms with Crippen molar-refractivity contribution in [3.8, 4) is 0 Å². The van der Waals surface area contributed by atoms with Gasteiger partial charge in [0.05, 0.1) is 3.79 Å². The Balaban J connectivity index is 2.38. The lowest BCUT2D eigenvalue weighted by Gasteiger charge is -2.10. The third kappa shape index (κ3) is 3.69. The average Bonchev–Trinajstić information content (AvgIpc) is 2.44. The topological polar surface area (TPSA) is 32.3 Å². The molecule has 1 atom stereocenters. The highest BCUT2D eigenvalue weighted by molar-refractivity contribution is 9.11. The lowest BCUT2D eigenvalue weighted by Crippen LogP contribution is -2.25. The molecule has 0 amide bonds. The minimum absolute atomic E-state index is 0.251. The van der Waals surface area contributed by atoms with E-state index in [0.29, 0.717) is 6.04 Å². The molecule has 0 aliphatic rings. The van der Waals surface area contributed by atoms with Crippen molar-refractivity contribution in [2.75, 3.05) is 6.61 Å². The standard InChI is InChI=1S/C10H16BrNOS/c1-7-5-9(14-10(7)11)6-12-8(2)3-4-13/h5,8,12-13H,3-4,6H2,1-2H3. The van der Waals surface area contributed by atoms with Crippen molar-refractivity contribution in [3.05, 3.63) is 20.3 Å². The monoisotopic (exact) mass is 277 g/mol. The third-order valence-electron chi connectivity index (χ3n) is 2.10. The molecule has 4 heteroatoms. The van der Waals surface area contributed by atoms with Crippen molar-refractivity contribution in [1.82, 2.24) is 5.32 Å². The Bertz CT molecular complexity index is 268. The predicted molar refractivity (Wildman–Crippen MR) is 64.8 cm³/mol. The smallest absolute Gasteiger partial charge is 0.0730 e. The molecule has 2 N–H and O–H groups in total. The molecule has 1 aromatic heterocycles. The molecule has 1 aromatic rings. The number of hydrogen-bond acceptors (Lipinski definition) is 3. The van der Waals surface area contributed by atoms with Crippen molar-refractivity contribution < 1.29 is 5.11 Å². The normalized spacial score (nSPS) is 13.1. The zero-order valence-corrected chi connectivity index (χ0v) is 10.9. The van der Waals surface area contributed by atoms with Gasteiger partial charge in [-0.15, -0.1) is 11.3 Å². The van der Waals surface area contributed by atoms with E-state index in [1.807, 2.05) is 0 Å². The van der Waals surface area contributed by atoms with Crippen molar-refractivity contribution >= 4 is 27.3 Å².